The third kappa shape index (κ3) is 1.92. The highest BCUT2D eigenvalue weighted by Gasteiger charge is 2.21. The topological polar surface area (TPSA) is 29.5 Å². The molecule has 1 aromatic rings. The molecule has 0 radical (unpaired) electrons. The molecular weight excluding hydrogens is 214 g/mol. The number of carbonyl (C=O) groups is 1. The number of anilines is 1. The number of carbonyl (C=O) groups excluding carboxylic acids is 1. The molecule has 2 rings (SSSR count). The molecule has 0 spiro atoms. The fourth-order valence-corrected chi connectivity index (χ4v) is 1.80. The van der Waals surface area contributed by atoms with Gasteiger partial charge in [-0.2, -0.15) is 0 Å². The van der Waals surface area contributed by atoms with Crippen LogP contribution in [0.2, 0.25) is 0 Å². The van der Waals surface area contributed by atoms with Gasteiger partial charge in [0.25, 0.3) is 5.91 Å². The lowest BCUT2D eigenvalue weighted by Crippen LogP contribution is -2.35. The summed E-state index contributed by atoms with van der Waals surface area (Å²) in [5.74, 6) is 1.33. The second-order valence-corrected chi connectivity index (χ2v) is 3.86. The van der Waals surface area contributed by atoms with Crippen LogP contribution in [0.5, 0.6) is 5.75 Å². The van der Waals surface area contributed by atoms with Crippen molar-refractivity contribution in [1.29, 1.82) is 0 Å². The van der Waals surface area contributed by atoms with Crippen molar-refractivity contribution in [2.75, 3.05) is 24.4 Å². The SMILES string of the molecule is CN1C(=O)COc2cc(CCCl)ccc21. The van der Waals surface area contributed by atoms with Crippen molar-refractivity contribution in [2.45, 2.75) is 6.42 Å². The van der Waals surface area contributed by atoms with E-state index in [1.807, 2.05) is 18.2 Å². The second-order valence-electron chi connectivity index (χ2n) is 3.48. The first-order chi connectivity index (χ1) is 7.22. The van der Waals surface area contributed by atoms with Gasteiger partial charge in [0.15, 0.2) is 6.61 Å². The van der Waals surface area contributed by atoms with Gasteiger partial charge < -0.3 is 9.64 Å². The van der Waals surface area contributed by atoms with Gasteiger partial charge in [-0.05, 0) is 24.1 Å². The summed E-state index contributed by atoms with van der Waals surface area (Å²) in [6.07, 6.45) is 0.815. The number of aryl methyl sites for hydroxylation is 1. The van der Waals surface area contributed by atoms with Crippen LogP contribution < -0.4 is 9.64 Å². The van der Waals surface area contributed by atoms with Gasteiger partial charge in [-0.3, -0.25) is 4.79 Å². The Morgan fingerprint density at radius 1 is 1.53 bits per heavy atom. The third-order valence-electron chi connectivity index (χ3n) is 2.49. The van der Waals surface area contributed by atoms with Crippen molar-refractivity contribution in [1.82, 2.24) is 0 Å². The minimum Gasteiger partial charge on any atom is -0.482 e. The molecule has 0 saturated heterocycles. The van der Waals surface area contributed by atoms with Gasteiger partial charge in [-0.1, -0.05) is 6.07 Å². The number of halogens is 1. The second kappa shape index (κ2) is 4.11. The van der Waals surface area contributed by atoms with Crippen LogP contribution in [0.1, 0.15) is 5.56 Å². The number of hydrogen-bond donors (Lipinski definition) is 0. The summed E-state index contributed by atoms with van der Waals surface area (Å²) in [6, 6.07) is 5.81. The van der Waals surface area contributed by atoms with Crippen LogP contribution in [0.15, 0.2) is 18.2 Å². The van der Waals surface area contributed by atoms with E-state index in [1.165, 1.54) is 0 Å². The number of ether oxygens (including phenoxy) is 1. The van der Waals surface area contributed by atoms with Crippen molar-refractivity contribution < 1.29 is 9.53 Å². The Morgan fingerprint density at radius 3 is 3.07 bits per heavy atom. The summed E-state index contributed by atoms with van der Waals surface area (Å²) in [5, 5.41) is 0. The van der Waals surface area contributed by atoms with E-state index in [4.69, 9.17) is 16.3 Å². The molecule has 0 bridgehead atoms. The van der Waals surface area contributed by atoms with Crippen molar-refractivity contribution in [2.24, 2.45) is 0 Å². The van der Waals surface area contributed by atoms with Crippen molar-refractivity contribution in [3.63, 3.8) is 0 Å². The average molecular weight is 226 g/mol. The largest absolute Gasteiger partial charge is 0.482 e. The summed E-state index contributed by atoms with van der Waals surface area (Å²) in [6.45, 7) is 0.119. The lowest BCUT2D eigenvalue weighted by atomic mass is 10.1. The van der Waals surface area contributed by atoms with Crippen LogP contribution in [0, 0.1) is 0 Å². The zero-order valence-electron chi connectivity index (χ0n) is 8.50. The summed E-state index contributed by atoms with van der Waals surface area (Å²) in [7, 11) is 1.75. The maximum atomic E-state index is 11.3. The van der Waals surface area contributed by atoms with E-state index in [-0.39, 0.29) is 12.5 Å². The zero-order valence-corrected chi connectivity index (χ0v) is 9.25. The van der Waals surface area contributed by atoms with Gasteiger partial charge in [0.1, 0.15) is 5.75 Å². The molecule has 3 nitrogen and oxygen atoms in total. The molecule has 4 heteroatoms. The number of nitrogens with zero attached hydrogens (tertiary/aromatic N) is 1. The molecule has 0 unspecified atom stereocenters. The van der Waals surface area contributed by atoms with Crippen LogP contribution in [-0.4, -0.2) is 25.4 Å². The molecule has 1 amide bonds. The molecule has 0 aromatic heterocycles. The maximum Gasteiger partial charge on any atom is 0.264 e. The fourth-order valence-electron chi connectivity index (χ4n) is 1.59. The van der Waals surface area contributed by atoms with Gasteiger partial charge in [0.2, 0.25) is 0 Å². The highest BCUT2D eigenvalue weighted by Crippen LogP contribution is 2.31. The van der Waals surface area contributed by atoms with Crippen molar-refractivity contribution >= 4 is 23.2 Å². The third-order valence-corrected chi connectivity index (χ3v) is 2.68. The smallest absolute Gasteiger partial charge is 0.264 e. The Balaban J connectivity index is 2.34. The number of alkyl halides is 1. The molecule has 0 saturated carbocycles. The highest BCUT2D eigenvalue weighted by atomic mass is 35.5. The van der Waals surface area contributed by atoms with E-state index >= 15 is 0 Å². The van der Waals surface area contributed by atoms with E-state index in [0.717, 1.165) is 23.4 Å². The number of fused-ring (bicyclic) bond motifs is 1. The van der Waals surface area contributed by atoms with Crippen LogP contribution in [0.4, 0.5) is 5.69 Å². The van der Waals surface area contributed by atoms with Gasteiger partial charge in [-0.25, -0.2) is 0 Å². The van der Waals surface area contributed by atoms with Crippen LogP contribution in [0.25, 0.3) is 0 Å². The van der Waals surface area contributed by atoms with Crippen LogP contribution in [-0.2, 0) is 11.2 Å². The lowest BCUT2D eigenvalue weighted by molar-refractivity contribution is -0.120. The molecule has 0 aliphatic carbocycles. The first-order valence-corrected chi connectivity index (χ1v) is 5.34. The molecule has 0 atom stereocenters. The van der Waals surface area contributed by atoms with Crippen LogP contribution >= 0.6 is 11.6 Å². The molecule has 1 heterocycles. The van der Waals surface area contributed by atoms with Crippen LogP contribution in [0.3, 0.4) is 0 Å². The molecule has 0 fully saturated rings. The number of hydrogen-bond acceptors (Lipinski definition) is 2. The first kappa shape index (κ1) is 10.3. The zero-order chi connectivity index (χ0) is 10.8. The minimum absolute atomic E-state index is 0.0207. The normalized spacial score (nSPS) is 14.8. The Bertz CT molecular complexity index is 392. The number of amides is 1. The Kier molecular flexibility index (Phi) is 2.82. The summed E-state index contributed by atoms with van der Waals surface area (Å²) in [5.41, 5.74) is 1.95. The molecule has 80 valence electrons. The monoisotopic (exact) mass is 225 g/mol. The molecular formula is C11H12ClNO2. The Hall–Kier alpha value is -1.22. The number of rotatable bonds is 2. The van der Waals surface area contributed by atoms with Gasteiger partial charge in [0, 0.05) is 12.9 Å². The molecule has 0 N–H and O–H groups in total. The van der Waals surface area contributed by atoms with Gasteiger partial charge in [0.05, 0.1) is 5.69 Å². The summed E-state index contributed by atoms with van der Waals surface area (Å²) >= 11 is 5.67. The Labute approximate surface area is 93.6 Å². The van der Waals surface area contributed by atoms with Crippen molar-refractivity contribution in [3.8, 4) is 5.75 Å². The maximum absolute atomic E-state index is 11.3. The van der Waals surface area contributed by atoms with Crippen molar-refractivity contribution in [3.05, 3.63) is 23.8 Å². The van der Waals surface area contributed by atoms with E-state index in [0.29, 0.717) is 5.88 Å². The predicted molar refractivity (Wildman–Crippen MR) is 59.8 cm³/mol. The quantitative estimate of drug-likeness (QED) is 0.719. The number of benzene rings is 1. The highest BCUT2D eigenvalue weighted by molar-refractivity contribution is 6.18. The molecule has 15 heavy (non-hydrogen) atoms. The Morgan fingerprint density at radius 2 is 2.33 bits per heavy atom. The fraction of sp³-hybridized carbons (Fsp3) is 0.364. The molecule has 1 aliphatic heterocycles. The van der Waals surface area contributed by atoms with Gasteiger partial charge in [-0.15, -0.1) is 11.6 Å². The first-order valence-electron chi connectivity index (χ1n) is 4.80. The standard InChI is InChI=1S/C11H12ClNO2/c1-13-9-3-2-8(4-5-12)6-10(9)15-7-11(13)14/h2-3,6H,4-5,7H2,1H3. The van der Waals surface area contributed by atoms with E-state index in [1.54, 1.807) is 11.9 Å². The van der Waals surface area contributed by atoms with E-state index in [9.17, 15) is 4.79 Å². The number of likely N-dealkylation sites (N-methyl/N-ethyl adjacent to an activating group) is 1. The molecule has 1 aliphatic rings. The average Bonchev–Trinajstić information content (AvgIpc) is 2.24. The molecule has 1 aromatic carbocycles. The summed E-state index contributed by atoms with van der Waals surface area (Å²) in [4.78, 5) is 13.0. The van der Waals surface area contributed by atoms with E-state index in [2.05, 4.69) is 0 Å². The van der Waals surface area contributed by atoms with E-state index < -0.39 is 0 Å². The lowest BCUT2D eigenvalue weighted by Gasteiger charge is -2.26. The predicted octanol–water partition coefficient (Wildman–Crippen LogP) is 1.82. The minimum atomic E-state index is -0.0207. The summed E-state index contributed by atoms with van der Waals surface area (Å²) < 4.78 is 5.36. The van der Waals surface area contributed by atoms with Gasteiger partial charge >= 0.3 is 0 Å².